The van der Waals surface area contributed by atoms with Crippen molar-refractivity contribution in [1.29, 1.82) is 5.26 Å². The molecular weight excluding hydrogens is 524 g/mol. The number of morpholine rings is 1. The molecule has 0 radical (unpaired) electrons. The summed E-state index contributed by atoms with van der Waals surface area (Å²) in [6.45, 7) is 4.61. The van der Waals surface area contributed by atoms with Crippen LogP contribution in [-0.2, 0) is 14.3 Å². The Hall–Kier alpha value is -4.88. The number of amides is 2. The predicted molar refractivity (Wildman–Crippen MR) is 153 cm³/mol. The molecular formula is C31H32N4O6. The predicted octanol–water partition coefficient (Wildman–Crippen LogP) is 3.78. The van der Waals surface area contributed by atoms with Crippen molar-refractivity contribution in [3.05, 3.63) is 77.9 Å². The van der Waals surface area contributed by atoms with Crippen LogP contribution in [0.5, 0.6) is 17.2 Å². The van der Waals surface area contributed by atoms with Crippen LogP contribution in [0.25, 0.3) is 11.1 Å². The largest absolute Gasteiger partial charge is 0.493 e. The van der Waals surface area contributed by atoms with Crippen LogP contribution in [0.3, 0.4) is 0 Å². The third kappa shape index (κ3) is 8.30. The zero-order valence-electron chi connectivity index (χ0n) is 23.2. The minimum absolute atomic E-state index is 0.0181. The molecule has 2 atom stereocenters. The number of nitriles is 1. The van der Waals surface area contributed by atoms with Gasteiger partial charge >= 0.3 is 0 Å². The second-order valence-corrected chi connectivity index (χ2v) is 9.55. The van der Waals surface area contributed by atoms with E-state index in [1.165, 1.54) is 13.3 Å². The molecule has 2 unspecified atom stereocenters. The number of ether oxygens (including phenoxy) is 4. The number of carbonyl (C=O) groups excluding carboxylic acids is 2. The Kier molecular flexibility index (Phi) is 9.91. The Balaban J connectivity index is 1.23. The van der Waals surface area contributed by atoms with Crippen LogP contribution < -0.4 is 19.6 Å². The molecule has 2 amide bonds. The number of hydrogen-bond donors (Lipinski definition) is 1. The Morgan fingerprint density at radius 3 is 2.27 bits per heavy atom. The molecule has 41 heavy (non-hydrogen) atoms. The van der Waals surface area contributed by atoms with Gasteiger partial charge < -0.3 is 23.8 Å². The summed E-state index contributed by atoms with van der Waals surface area (Å²) in [5.74, 6) is 0.860. The van der Waals surface area contributed by atoms with E-state index in [2.05, 4.69) is 16.6 Å². The fourth-order valence-electron chi connectivity index (χ4n) is 4.34. The zero-order valence-corrected chi connectivity index (χ0v) is 23.2. The molecule has 3 aromatic carbocycles. The topological polar surface area (TPSA) is 122 Å². The highest BCUT2D eigenvalue weighted by molar-refractivity contribution is 5.84. The molecule has 1 N–H and O–H groups in total. The van der Waals surface area contributed by atoms with E-state index < -0.39 is 5.91 Å². The van der Waals surface area contributed by atoms with E-state index >= 15 is 0 Å². The van der Waals surface area contributed by atoms with Crippen molar-refractivity contribution >= 4 is 18.0 Å². The molecule has 1 saturated heterocycles. The van der Waals surface area contributed by atoms with Crippen LogP contribution in [0.4, 0.5) is 0 Å². The summed E-state index contributed by atoms with van der Waals surface area (Å²) < 4.78 is 22.4. The summed E-state index contributed by atoms with van der Waals surface area (Å²) in [6.07, 6.45) is 1.43. The van der Waals surface area contributed by atoms with Crippen molar-refractivity contribution in [3.63, 3.8) is 0 Å². The maximum atomic E-state index is 12.6. The lowest BCUT2D eigenvalue weighted by atomic mass is 10.0. The van der Waals surface area contributed by atoms with Gasteiger partial charge in [0.2, 0.25) is 0 Å². The zero-order chi connectivity index (χ0) is 29.2. The van der Waals surface area contributed by atoms with Gasteiger partial charge in [-0.05, 0) is 73.0 Å². The monoisotopic (exact) mass is 556 g/mol. The Morgan fingerprint density at radius 1 is 0.976 bits per heavy atom. The third-order valence-electron chi connectivity index (χ3n) is 6.29. The van der Waals surface area contributed by atoms with Gasteiger partial charge in [-0.3, -0.25) is 9.59 Å². The summed E-state index contributed by atoms with van der Waals surface area (Å²) in [5, 5.41) is 12.9. The van der Waals surface area contributed by atoms with Gasteiger partial charge in [0, 0.05) is 13.1 Å². The molecule has 212 valence electrons. The van der Waals surface area contributed by atoms with Crippen LogP contribution in [0, 0.1) is 11.3 Å². The van der Waals surface area contributed by atoms with E-state index in [0.29, 0.717) is 41.5 Å². The van der Waals surface area contributed by atoms with Crippen LogP contribution in [-0.4, -0.2) is 68.5 Å². The van der Waals surface area contributed by atoms with Gasteiger partial charge in [0.05, 0.1) is 37.2 Å². The first-order chi connectivity index (χ1) is 19.8. The number of nitrogens with one attached hydrogen (secondary N) is 1. The van der Waals surface area contributed by atoms with Crippen molar-refractivity contribution in [2.45, 2.75) is 26.1 Å². The standard InChI is InChI=1S/C31H32N4O6/c1-21-17-35(18-22(2)41-21)31(37)20-40-28-13-6-24(14-29(28)38-3)16-33-34-30(36)19-39-27-11-9-26(10-12-27)25-7-4-23(15-32)5-8-25/h4-14,16,21-22H,17-20H2,1-3H3,(H,34,36). The Morgan fingerprint density at radius 2 is 1.63 bits per heavy atom. The molecule has 10 heteroatoms. The highest BCUT2D eigenvalue weighted by Crippen LogP contribution is 2.28. The molecule has 4 rings (SSSR count). The number of benzene rings is 3. The fraction of sp³-hybridized carbons (Fsp3) is 0.290. The maximum Gasteiger partial charge on any atom is 0.277 e. The summed E-state index contributed by atoms with van der Waals surface area (Å²) in [7, 11) is 1.51. The Labute approximate surface area is 239 Å². The summed E-state index contributed by atoms with van der Waals surface area (Å²) in [4.78, 5) is 26.5. The lowest BCUT2D eigenvalue weighted by Gasteiger charge is -2.35. The molecule has 1 aliphatic heterocycles. The normalized spacial score (nSPS) is 16.6. The summed E-state index contributed by atoms with van der Waals surface area (Å²) >= 11 is 0. The molecule has 0 aliphatic carbocycles. The van der Waals surface area contributed by atoms with Gasteiger partial charge in [0.15, 0.2) is 24.7 Å². The average Bonchev–Trinajstić information content (AvgIpc) is 2.99. The van der Waals surface area contributed by atoms with Crippen molar-refractivity contribution in [2.75, 3.05) is 33.4 Å². The van der Waals surface area contributed by atoms with Gasteiger partial charge in [-0.1, -0.05) is 24.3 Å². The van der Waals surface area contributed by atoms with Gasteiger partial charge in [-0.15, -0.1) is 0 Å². The smallest absolute Gasteiger partial charge is 0.277 e. The summed E-state index contributed by atoms with van der Waals surface area (Å²) in [6, 6.07) is 21.8. The SMILES string of the molecule is COc1cc(C=NNC(=O)COc2ccc(-c3ccc(C#N)cc3)cc2)ccc1OCC(=O)N1CC(C)OC(C)C1. The minimum Gasteiger partial charge on any atom is -0.493 e. The van der Waals surface area contributed by atoms with E-state index in [1.807, 2.05) is 38.1 Å². The maximum absolute atomic E-state index is 12.6. The third-order valence-corrected chi connectivity index (χ3v) is 6.29. The molecule has 0 spiro atoms. The fourth-order valence-corrected chi connectivity index (χ4v) is 4.34. The molecule has 1 heterocycles. The lowest BCUT2D eigenvalue weighted by Crippen LogP contribution is -2.49. The number of hydrogen-bond acceptors (Lipinski definition) is 8. The highest BCUT2D eigenvalue weighted by atomic mass is 16.5. The molecule has 0 bridgehead atoms. The lowest BCUT2D eigenvalue weighted by molar-refractivity contribution is -0.145. The van der Waals surface area contributed by atoms with E-state index in [-0.39, 0.29) is 31.3 Å². The Bertz CT molecular complexity index is 1410. The van der Waals surface area contributed by atoms with Gasteiger partial charge in [0.1, 0.15) is 5.75 Å². The van der Waals surface area contributed by atoms with Crippen LogP contribution in [0.15, 0.2) is 71.8 Å². The van der Waals surface area contributed by atoms with Crippen LogP contribution in [0.1, 0.15) is 25.0 Å². The van der Waals surface area contributed by atoms with Crippen LogP contribution >= 0.6 is 0 Å². The molecule has 3 aromatic rings. The number of nitrogens with zero attached hydrogens (tertiary/aromatic N) is 3. The first kappa shape index (κ1) is 29.1. The van der Waals surface area contributed by atoms with E-state index in [4.69, 9.17) is 24.2 Å². The average molecular weight is 557 g/mol. The van der Waals surface area contributed by atoms with Crippen molar-refractivity contribution < 1.29 is 28.5 Å². The van der Waals surface area contributed by atoms with Gasteiger partial charge in [-0.2, -0.15) is 10.4 Å². The second kappa shape index (κ2) is 14.0. The van der Waals surface area contributed by atoms with Crippen molar-refractivity contribution in [1.82, 2.24) is 10.3 Å². The quantitative estimate of drug-likeness (QED) is 0.298. The van der Waals surface area contributed by atoms with Gasteiger partial charge in [-0.25, -0.2) is 5.43 Å². The molecule has 0 saturated carbocycles. The highest BCUT2D eigenvalue weighted by Gasteiger charge is 2.26. The van der Waals surface area contributed by atoms with E-state index in [0.717, 1.165) is 11.1 Å². The molecule has 1 aliphatic rings. The molecule has 1 fully saturated rings. The minimum atomic E-state index is -0.422. The van der Waals surface area contributed by atoms with Crippen molar-refractivity contribution in [2.24, 2.45) is 5.10 Å². The number of methoxy groups -OCH3 is 1. The van der Waals surface area contributed by atoms with E-state index in [9.17, 15) is 9.59 Å². The van der Waals surface area contributed by atoms with Crippen molar-refractivity contribution in [3.8, 4) is 34.4 Å². The first-order valence-corrected chi connectivity index (χ1v) is 13.1. The first-order valence-electron chi connectivity index (χ1n) is 13.1. The second-order valence-electron chi connectivity index (χ2n) is 9.55. The summed E-state index contributed by atoms with van der Waals surface area (Å²) in [5.41, 5.74) is 5.64. The number of carbonyl (C=O) groups is 2. The number of hydrazone groups is 1. The van der Waals surface area contributed by atoms with Gasteiger partial charge in [0.25, 0.3) is 11.8 Å². The molecule has 10 nitrogen and oxygen atoms in total. The van der Waals surface area contributed by atoms with E-state index in [1.54, 1.807) is 47.4 Å². The van der Waals surface area contributed by atoms with Crippen LogP contribution in [0.2, 0.25) is 0 Å². The molecule has 0 aromatic heterocycles. The number of rotatable bonds is 10.